The van der Waals surface area contributed by atoms with E-state index in [0.717, 1.165) is 13.7 Å². The van der Waals surface area contributed by atoms with Gasteiger partial charge in [-0.25, -0.2) is 0 Å². The minimum absolute atomic E-state index is 0.912. The number of hydrogen-bond donors (Lipinski definition) is 0. The molecule has 130 valence electrons. The Morgan fingerprint density at radius 1 is 0.727 bits per heavy atom. The Labute approximate surface area is 163 Å². The molecule has 0 saturated carbocycles. The first-order valence-corrected chi connectivity index (χ1v) is 31.1. The fourth-order valence-electron chi connectivity index (χ4n) is 2.18. The predicted molar refractivity (Wildman–Crippen MR) is 127 cm³/mol. The second kappa shape index (κ2) is 9.21. The molecule has 3 atom stereocenters. The fourth-order valence-corrected chi connectivity index (χ4v) is 116. The van der Waals surface area contributed by atoms with Crippen LogP contribution in [0.25, 0.3) is 0 Å². The van der Waals surface area contributed by atoms with E-state index in [1.54, 1.807) is 0 Å². The van der Waals surface area contributed by atoms with E-state index in [0.29, 0.717) is 0 Å². The summed E-state index contributed by atoms with van der Waals surface area (Å²) in [4.78, 5) is 0. The van der Waals surface area contributed by atoms with Crippen molar-refractivity contribution >= 4 is 89.9 Å². The number of thioether (sulfide) groups is 3. The molecule has 3 saturated heterocycles. The van der Waals surface area contributed by atoms with Crippen molar-refractivity contribution in [3.8, 4) is 0 Å². The molecule has 3 unspecified atom stereocenters. The summed E-state index contributed by atoms with van der Waals surface area (Å²) in [5.74, 6) is 6.84. The molecule has 0 aromatic carbocycles. The van der Waals surface area contributed by atoms with Gasteiger partial charge in [-0.05, 0) is 0 Å². The summed E-state index contributed by atoms with van der Waals surface area (Å²) in [6.45, 7) is 4.81. The molecule has 9 heteroatoms. The quantitative estimate of drug-likeness (QED) is 0.260. The maximum atomic E-state index is 2.52. The zero-order valence-electron chi connectivity index (χ0n) is 13.1. The van der Waals surface area contributed by atoms with Crippen molar-refractivity contribution in [1.29, 1.82) is 0 Å². The van der Waals surface area contributed by atoms with Crippen molar-refractivity contribution in [2.45, 2.75) is 46.9 Å². The topological polar surface area (TPSA) is 0 Å². The van der Waals surface area contributed by atoms with E-state index < -0.39 is 10.4 Å². The predicted octanol–water partition coefficient (Wildman–Crippen LogP) is 6.97. The summed E-state index contributed by atoms with van der Waals surface area (Å²) in [6, 6.07) is 0. The van der Waals surface area contributed by atoms with Crippen LogP contribution in [0.5, 0.6) is 0 Å². The van der Waals surface area contributed by atoms with Gasteiger partial charge in [-0.15, -0.1) is 0 Å². The summed E-state index contributed by atoms with van der Waals surface area (Å²) in [5, 5.41) is 0. The molecule has 3 aliphatic heterocycles. The van der Waals surface area contributed by atoms with Gasteiger partial charge < -0.3 is 0 Å². The van der Waals surface area contributed by atoms with E-state index in [9.17, 15) is 0 Å². The summed E-state index contributed by atoms with van der Waals surface area (Å²) in [6.07, 6.45) is 4.38. The first kappa shape index (κ1) is 20.4. The monoisotopic (exact) mass is 558 g/mol. The van der Waals surface area contributed by atoms with Gasteiger partial charge in [0.15, 0.2) is 0 Å². The van der Waals surface area contributed by atoms with Gasteiger partial charge in [0.2, 0.25) is 0 Å². The van der Waals surface area contributed by atoms with Crippen molar-refractivity contribution in [2.24, 2.45) is 0 Å². The van der Waals surface area contributed by atoms with Gasteiger partial charge in [-0.2, -0.15) is 0 Å². The number of hydrogen-bond acceptors (Lipinski definition) is 8. The van der Waals surface area contributed by atoms with Crippen LogP contribution in [0.3, 0.4) is 0 Å². The molecule has 0 N–H and O–H groups in total. The molecule has 0 radical (unpaired) electrons. The van der Waals surface area contributed by atoms with E-state index in [-0.39, 0.29) is 0 Å². The molecular weight excluding hydrogens is 534 g/mol. The Bertz CT molecular complexity index is 316. The van der Waals surface area contributed by atoms with Crippen molar-refractivity contribution in [1.82, 2.24) is 0 Å². The van der Waals surface area contributed by atoms with Crippen molar-refractivity contribution in [3.63, 3.8) is 0 Å². The Kier molecular flexibility index (Phi) is 8.52. The second-order valence-electron chi connectivity index (χ2n) is 5.16. The molecule has 3 fully saturated rings. The molecule has 22 heavy (non-hydrogen) atoms. The molecule has 0 aliphatic carbocycles. The van der Waals surface area contributed by atoms with Gasteiger partial charge in [-0.1, -0.05) is 0 Å². The third-order valence-corrected chi connectivity index (χ3v) is 81.3. The summed E-state index contributed by atoms with van der Waals surface area (Å²) in [5.41, 5.74) is 0. The zero-order chi connectivity index (χ0) is 15.5. The van der Waals surface area contributed by atoms with Crippen molar-refractivity contribution < 1.29 is 0 Å². The molecule has 0 amide bonds. The molecule has 3 heterocycles. The third kappa shape index (κ3) is 4.91. The second-order valence-corrected chi connectivity index (χ2v) is 68.1. The Hall–Kier alpha value is 3.62. The molecule has 0 aromatic rings. The molecule has 0 aromatic heterocycles. The standard InChI is InChI=1S/3C3H6S2.2C2H6S.Sb/c3*4-3-1-2-5-3;2*1-2-3;/h3*3-4H,1-2H2;2*3H,2H2,1H3;/q;;;;;+5/p-5. The molecule has 3 aliphatic rings. The molecular formula is C13H25S8Sb. The van der Waals surface area contributed by atoms with Crippen LogP contribution in [-0.4, -0.2) is 52.9 Å². The van der Waals surface area contributed by atoms with Crippen LogP contribution in [0.2, 0.25) is 0 Å². The van der Waals surface area contributed by atoms with Crippen LogP contribution in [0, 0.1) is 0 Å². The average Bonchev–Trinajstić information content (AvgIpc) is 2.36. The van der Waals surface area contributed by atoms with Crippen LogP contribution < -0.4 is 0 Å². The summed E-state index contributed by atoms with van der Waals surface area (Å²) < 4.78 is 2.74. The Balaban J connectivity index is 1.84. The van der Waals surface area contributed by atoms with Crippen LogP contribution in [0.1, 0.15) is 33.1 Å². The summed E-state index contributed by atoms with van der Waals surface area (Å²) >= 11 is 6.70. The maximum absolute atomic E-state index is 2.89. The first-order chi connectivity index (χ1) is 10.7. The van der Waals surface area contributed by atoms with E-state index in [1.165, 1.54) is 48.0 Å². The van der Waals surface area contributed by atoms with Crippen LogP contribution in [0.4, 0.5) is 0 Å². The fraction of sp³-hybridized carbons (Fsp3) is 1.00. The van der Waals surface area contributed by atoms with Gasteiger partial charge in [-0.3, -0.25) is 0 Å². The van der Waals surface area contributed by atoms with E-state index in [2.05, 4.69) is 93.4 Å². The van der Waals surface area contributed by atoms with Gasteiger partial charge in [0.1, 0.15) is 0 Å². The molecule has 0 bridgehead atoms. The van der Waals surface area contributed by atoms with Crippen LogP contribution in [-0.2, 0) is 0 Å². The van der Waals surface area contributed by atoms with Crippen molar-refractivity contribution in [3.05, 3.63) is 0 Å². The zero-order valence-corrected chi connectivity index (χ0v) is 22.2. The SMILES string of the molecule is CC[S][Sb]([S]CC)([S]C1CCS1)([S]C1CCS1)[S]C1CCS1. The van der Waals surface area contributed by atoms with Gasteiger partial charge in [0.05, 0.1) is 0 Å². The van der Waals surface area contributed by atoms with Crippen molar-refractivity contribution in [2.75, 3.05) is 28.8 Å². The van der Waals surface area contributed by atoms with E-state index >= 15 is 0 Å². The van der Waals surface area contributed by atoms with Gasteiger partial charge in [0.25, 0.3) is 0 Å². The van der Waals surface area contributed by atoms with E-state index in [1.807, 2.05) is 0 Å². The van der Waals surface area contributed by atoms with E-state index in [4.69, 9.17) is 0 Å². The molecule has 0 nitrogen and oxygen atoms in total. The minimum atomic E-state index is -2.89. The van der Waals surface area contributed by atoms with Gasteiger partial charge in [0, 0.05) is 0 Å². The first-order valence-electron chi connectivity index (χ1n) is 7.91. The molecule has 3 rings (SSSR count). The normalized spacial score (nSPS) is 33.2. The third-order valence-electron chi connectivity index (χ3n) is 3.52. The van der Waals surface area contributed by atoms with Crippen LogP contribution in [0.15, 0.2) is 0 Å². The Morgan fingerprint density at radius 2 is 1.05 bits per heavy atom. The van der Waals surface area contributed by atoms with Crippen LogP contribution >= 0.6 is 79.5 Å². The average molecular weight is 560 g/mol. The molecule has 0 spiro atoms. The van der Waals surface area contributed by atoms with Gasteiger partial charge >= 0.3 is 166 Å². The summed E-state index contributed by atoms with van der Waals surface area (Å²) in [7, 11) is 9.55. The Morgan fingerprint density at radius 3 is 1.23 bits per heavy atom. The number of rotatable bonds is 10.